The van der Waals surface area contributed by atoms with Crippen molar-refractivity contribution in [1.82, 2.24) is 10.2 Å². The lowest BCUT2D eigenvalue weighted by Gasteiger charge is -2.46. The average Bonchev–Trinajstić information content (AvgIpc) is 3.18. The van der Waals surface area contributed by atoms with E-state index in [9.17, 15) is 18.8 Å². The zero-order valence-electron chi connectivity index (χ0n) is 23.9. The van der Waals surface area contributed by atoms with Crippen LogP contribution in [0.1, 0.15) is 88.3 Å². The number of carbonyl (C=O) groups excluding carboxylic acids is 3. The normalized spacial score (nSPS) is 22.2. The largest absolute Gasteiger partial charge is 0.466 e. The number of likely N-dealkylation sites (tertiary alicyclic amines) is 1. The van der Waals surface area contributed by atoms with Crippen LogP contribution in [0.15, 0.2) is 48.5 Å². The molecule has 0 saturated carbocycles. The number of nitrogens with one attached hydrogen (secondary N) is 1. The second-order valence-electron chi connectivity index (χ2n) is 11.9. The van der Waals surface area contributed by atoms with Gasteiger partial charge in [0.1, 0.15) is 12.0 Å². The predicted molar refractivity (Wildman–Crippen MR) is 152 cm³/mol. The maximum Gasteiger partial charge on any atom is 0.306 e. The van der Waals surface area contributed by atoms with Crippen LogP contribution in [0.4, 0.5) is 4.39 Å². The van der Waals surface area contributed by atoms with Gasteiger partial charge >= 0.3 is 5.97 Å². The van der Waals surface area contributed by atoms with Crippen LogP contribution in [0, 0.1) is 5.82 Å². The first-order valence-corrected chi connectivity index (χ1v) is 14.4. The highest BCUT2D eigenvalue weighted by molar-refractivity contribution is 5.86. The molecule has 0 bridgehead atoms. The number of hydrogen-bond acceptors (Lipinski definition) is 5. The predicted octanol–water partition coefficient (Wildman–Crippen LogP) is 4.72. The molecule has 2 aromatic carbocycles. The van der Waals surface area contributed by atoms with E-state index in [1.165, 1.54) is 11.6 Å². The van der Waals surface area contributed by atoms with Gasteiger partial charge in [-0.05, 0) is 94.0 Å². The van der Waals surface area contributed by atoms with Crippen molar-refractivity contribution < 1.29 is 23.5 Å². The van der Waals surface area contributed by atoms with E-state index in [1.807, 2.05) is 18.2 Å². The Balaban J connectivity index is 1.52. The first-order chi connectivity index (χ1) is 19.0. The summed E-state index contributed by atoms with van der Waals surface area (Å²) in [6.07, 6.45) is 4.24. The Morgan fingerprint density at radius 3 is 2.58 bits per heavy atom. The van der Waals surface area contributed by atoms with Gasteiger partial charge in [0, 0.05) is 18.4 Å². The van der Waals surface area contributed by atoms with Crippen LogP contribution in [0.25, 0.3) is 0 Å². The zero-order chi connectivity index (χ0) is 28.9. The van der Waals surface area contributed by atoms with Crippen LogP contribution in [-0.2, 0) is 31.0 Å². The van der Waals surface area contributed by atoms with Crippen molar-refractivity contribution in [2.75, 3.05) is 13.2 Å². The van der Waals surface area contributed by atoms with Crippen molar-refractivity contribution in [1.29, 1.82) is 0 Å². The molecule has 0 radical (unpaired) electrons. The standard InChI is InChI=1S/C32H42FN3O4/c1-4-40-29(38)18-23-20-32(26-19-24(33)14-15-25(23)26)16-17-36(27(21-32)35-30(39)31(2,3)34)28(37)13-9-8-12-22-10-6-5-7-11-22/h5-7,10-11,14-15,19,23,27H,4,8-9,12-13,16-18,20-21,34H2,1-3H3,(H,35,39)/t23?,27-,32?/m1/s1. The summed E-state index contributed by atoms with van der Waals surface area (Å²) in [6.45, 7) is 5.77. The third-order valence-corrected chi connectivity index (χ3v) is 8.33. The van der Waals surface area contributed by atoms with Gasteiger partial charge in [-0.15, -0.1) is 0 Å². The number of nitrogens with two attached hydrogens (primary N) is 1. The Hall–Kier alpha value is -3.26. The van der Waals surface area contributed by atoms with Crippen molar-refractivity contribution in [2.45, 2.75) is 95.2 Å². The molecule has 40 heavy (non-hydrogen) atoms. The van der Waals surface area contributed by atoms with Crippen molar-refractivity contribution >= 4 is 17.8 Å². The summed E-state index contributed by atoms with van der Waals surface area (Å²) in [4.78, 5) is 40.6. The third kappa shape index (κ3) is 6.89. The van der Waals surface area contributed by atoms with Gasteiger partial charge in [-0.25, -0.2) is 4.39 Å². The average molecular weight is 552 g/mol. The van der Waals surface area contributed by atoms with E-state index < -0.39 is 17.1 Å². The third-order valence-electron chi connectivity index (χ3n) is 8.33. The minimum absolute atomic E-state index is 0.0106. The molecule has 216 valence electrons. The molecule has 1 saturated heterocycles. The molecular formula is C32H42FN3O4. The second-order valence-corrected chi connectivity index (χ2v) is 11.9. The minimum atomic E-state index is -1.12. The number of piperidine rings is 1. The van der Waals surface area contributed by atoms with Crippen LogP contribution in [-0.4, -0.2) is 47.5 Å². The van der Waals surface area contributed by atoms with Crippen LogP contribution < -0.4 is 11.1 Å². The van der Waals surface area contributed by atoms with Gasteiger partial charge in [-0.3, -0.25) is 14.4 Å². The highest BCUT2D eigenvalue weighted by Gasteiger charge is 2.50. The molecule has 4 rings (SSSR count). The topological polar surface area (TPSA) is 102 Å². The first-order valence-electron chi connectivity index (χ1n) is 14.4. The number of nitrogens with zero attached hydrogens (tertiary/aromatic N) is 1. The lowest BCUT2D eigenvalue weighted by atomic mass is 9.71. The van der Waals surface area contributed by atoms with E-state index in [1.54, 1.807) is 37.8 Å². The number of amides is 2. The zero-order valence-corrected chi connectivity index (χ0v) is 23.9. The van der Waals surface area contributed by atoms with Crippen molar-refractivity contribution in [2.24, 2.45) is 5.73 Å². The van der Waals surface area contributed by atoms with Crippen LogP contribution in [0.5, 0.6) is 0 Å². The first kappa shape index (κ1) is 29.7. The maximum absolute atomic E-state index is 14.5. The lowest BCUT2D eigenvalue weighted by molar-refractivity contribution is -0.143. The molecule has 3 atom stereocenters. The Kier molecular flexibility index (Phi) is 9.29. The van der Waals surface area contributed by atoms with Gasteiger partial charge in [0.05, 0.1) is 18.6 Å². The summed E-state index contributed by atoms with van der Waals surface area (Å²) in [7, 11) is 0. The van der Waals surface area contributed by atoms with Gasteiger partial charge in [-0.1, -0.05) is 36.4 Å². The lowest BCUT2D eigenvalue weighted by Crippen LogP contribution is -2.62. The summed E-state index contributed by atoms with van der Waals surface area (Å²) in [5.74, 6) is -1.09. The number of fused-ring (bicyclic) bond motifs is 2. The smallest absolute Gasteiger partial charge is 0.306 e. The molecule has 0 aromatic heterocycles. The Labute approximate surface area is 236 Å². The van der Waals surface area contributed by atoms with E-state index in [0.717, 1.165) is 30.4 Å². The monoisotopic (exact) mass is 551 g/mol. The fourth-order valence-electron chi connectivity index (χ4n) is 6.30. The SMILES string of the molecule is CCOC(=O)CC1CC2(CCN(C(=O)CCCCc3ccccc3)[C@@H](NC(=O)C(C)(C)N)C2)c2cc(F)ccc21. The van der Waals surface area contributed by atoms with Gasteiger partial charge in [0.15, 0.2) is 0 Å². The number of ether oxygens (including phenoxy) is 1. The van der Waals surface area contributed by atoms with Crippen molar-refractivity contribution in [3.63, 3.8) is 0 Å². The number of carbonyl (C=O) groups is 3. The molecule has 1 fully saturated rings. The van der Waals surface area contributed by atoms with E-state index in [4.69, 9.17) is 10.5 Å². The second kappa shape index (κ2) is 12.5. The molecule has 2 unspecified atom stereocenters. The molecule has 2 aliphatic rings. The minimum Gasteiger partial charge on any atom is -0.466 e. The molecular weight excluding hydrogens is 509 g/mol. The number of aryl methyl sites for hydroxylation is 1. The molecule has 1 heterocycles. The van der Waals surface area contributed by atoms with Crippen molar-refractivity contribution in [3.05, 3.63) is 71.0 Å². The molecule has 1 spiro atoms. The summed E-state index contributed by atoms with van der Waals surface area (Å²) in [6, 6.07) is 15.0. The fraction of sp³-hybridized carbons (Fsp3) is 0.531. The van der Waals surface area contributed by atoms with E-state index in [-0.39, 0.29) is 35.9 Å². The van der Waals surface area contributed by atoms with Crippen LogP contribution in [0.2, 0.25) is 0 Å². The molecule has 7 nitrogen and oxygen atoms in total. The van der Waals surface area contributed by atoms with Crippen LogP contribution >= 0.6 is 0 Å². The molecule has 2 amide bonds. The molecule has 1 aliphatic carbocycles. The van der Waals surface area contributed by atoms with Gasteiger partial charge in [0.25, 0.3) is 0 Å². The highest BCUT2D eigenvalue weighted by atomic mass is 19.1. The number of rotatable bonds is 10. The molecule has 8 heteroatoms. The van der Waals surface area contributed by atoms with Crippen LogP contribution in [0.3, 0.4) is 0 Å². The quantitative estimate of drug-likeness (QED) is 0.329. The number of hydrogen-bond donors (Lipinski definition) is 2. The molecule has 3 N–H and O–H groups in total. The van der Waals surface area contributed by atoms with Gasteiger partial charge in [0.2, 0.25) is 11.8 Å². The van der Waals surface area contributed by atoms with E-state index in [2.05, 4.69) is 17.4 Å². The van der Waals surface area contributed by atoms with E-state index in [0.29, 0.717) is 38.8 Å². The number of esters is 1. The summed E-state index contributed by atoms with van der Waals surface area (Å²) >= 11 is 0. The summed E-state index contributed by atoms with van der Waals surface area (Å²) < 4.78 is 19.7. The van der Waals surface area contributed by atoms with Gasteiger partial charge in [-0.2, -0.15) is 0 Å². The van der Waals surface area contributed by atoms with Crippen molar-refractivity contribution in [3.8, 4) is 0 Å². The highest BCUT2D eigenvalue weighted by Crippen LogP contribution is 2.54. The summed E-state index contributed by atoms with van der Waals surface area (Å²) in [5.41, 5.74) is 7.55. The van der Waals surface area contributed by atoms with Gasteiger partial charge < -0.3 is 20.7 Å². The maximum atomic E-state index is 14.5. The Morgan fingerprint density at radius 1 is 1.12 bits per heavy atom. The fourth-order valence-corrected chi connectivity index (χ4v) is 6.30. The Bertz CT molecular complexity index is 1210. The number of halogens is 1. The summed E-state index contributed by atoms with van der Waals surface area (Å²) in [5, 5.41) is 3.03. The number of unbranched alkanes of at least 4 members (excludes halogenated alkanes) is 1. The number of benzene rings is 2. The Morgan fingerprint density at radius 2 is 1.88 bits per heavy atom. The van der Waals surface area contributed by atoms with E-state index >= 15 is 0 Å². The molecule has 1 aliphatic heterocycles. The molecule has 2 aromatic rings.